The molecule has 2 aromatic heterocycles. The van der Waals surface area contributed by atoms with Crippen molar-refractivity contribution >= 4 is 28.5 Å². The van der Waals surface area contributed by atoms with Crippen molar-refractivity contribution in [2.24, 2.45) is 0 Å². The van der Waals surface area contributed by atoms with E-state index in [4.69, 9.17) is 4.74 Å². The number of carbonyl (C=O) groups is 2. The standard InChI is InChI=1S/C20H14F3N5O3/c21-20(22,23)12-5-6-17(28-11-24-10-26-28)16(7-12)27-18(29)9-31-19(30)14-8-25-15-4-2-1-3-13(14)15/h1-8,10-11,25H,9H2,(H,27,29). The molecule has 2 heterocycles. The van der Waals surface area contributed by atoms with Gasteiger partial charge in [-0.1, -0.05) is 18.2 Å². The third-order valence-corrected chi connectivity index (χ3v) is 4.41. The van der Waals surface area contributed by atoms with Crippen molar-refractivity contribution < 1.29 is 27.5 Å². The minimum Gasteiger partial charge on any atom is -0.452 e. The van der Waals surface area contributed by atoms with Crippen molar-refractivity contribution in [3.05, 3.63) is 72.4 Å². The highest BCUT2D eigenvalue weighted by molar-refractivity contribution is 6.05. The van der Waals surface area contributed by atoms with Crippen LogP contribution in [-0.2, 0) is 15.7 Å². The molecule has 0 atom stereocenters. The summed E-state index contributed by atoms with van der Waals surface area (Å²) in [7, 11) is 0. The number of anilines is 1. The molecule has 11 heteroatoms. The van der Waals surface area contributed by atoms with Gasteiger partial charge in [0.1, 0.15) is 12.7 Å². The first-order valence-electron chi connectivity index (χ1n) is 8.92. The van der Waals surface area contributed by atoms with Gasteiger partial charge in [-0.25, -0.2) is 14.5 Å². The lowest BCUT2D eigenvalue weighted by atomic mass is 10.1. The molecule has 0 unspecified atom stereocenters. The highest BCUT2D eigenvalue weighted by Crippen LogP contribution is 2.33. The van der Waals surface area contributed by atoms with Gasteiger partial charge in [-0.2, -0.15) is 18.3 Å². The van der Waals surface area contributed by atoms with Gasteiger partial charge in [0.15, 0.2) is 6.61 Å². The van der Waals surface area contributed by atoms with Crippen LogP contribution >= 0.6 is 0 Å². The van der Waals surface area contributed by atoms with Gasteiger partial charge in [0.2, 0.25) is 0 Å². The molecule has 31 heavy (non-hydrogen) atoms. The number of hydrogen-bond acceptors (Lipinski definition) is 5. The Bertz CT molecular complexity index is 1250. The summed E-state index contributed by atoms with van der Waals surface area (Å²) in [6.45, 7) is -0.689. The Morgan fingerprint density at radius 3 is 2.71 bits per heavy atom. The average Bonchev–Trinajstić information content (AvgIpc) is 3.41. The highest BCUT2D eigenvalue weighted by atomic mass is 19.4. The van der Waals surface area contributed by atoms with E-state index in [0.29, 0.717) is 5.39 Å². The zero-order valence-electron chi connectivity index (χ0n) is 15.7. The molecule has 0 fully saturated rings. The number of H-pyrrole nitrogens is 1. The van der Waals surface area contributed by atoms with E-state index >= 15 is 0 Å². The van der Waals surface area contributed by atoms with Crippen molar-refractivity contribution in [3.63, 3.8) is 0 Å². The number of amides is 1. The Hall–Kier alpha value is -4.15. The molecule has 2 aromatic carbocycles. The lowest BCUT2D eigenvalue weighted by Crippen LogP contribution is -2.22. The number of nitrogens with zero attached hydrogens (tertiary/aromatic N) is 3. The number of rotatable bonds is 5. The van der Waals surface area contributed by atoms with Crippen molar-refractivity contribution in [1.82, 2.24) is 19.7 Å². The van der Waals surface area contributed by atoms with Gasteiger partial charge in [-0.05, 0) is 24.3 Å². The van der Waals surface area contributed by atoms with E-state index in [1.165, 1.54) is 23.5 Å². The Balaban J connectivity index is 1.50. The van der Waals surface area contributed by atoms with E-state index in [-0.39, 0.29) is 16.9 Å². The first kappa shape index (κ1) is 20.1. The van der Waals surface area contributed by atoms with Crippen LogP contribution in [0, 0.1) is 0 Å². The molecule has 0 saturated carbocycles. The maximum Gasteiger partial charge on any atom is 0.416 e. The first-order chi connectivity index (χ1) is 14.8. The van der Waals surface area contributed by atoms with Gasteiger partial charge in [0, 0.05) is 17.1 Å². The minimum atomic E-state index is -4.61. The maximum absolute atomic E-state index is 13.1. The van der Waals surface area contributed by atoms with Crippen molar-refractivity contribution in [2.45, 2.75) is 6.18 Å². The molecule has 0 radical (unpaired) electrons. The molecule has 0 aliphatic heterocycles. The normalized spacial score (nSPS) is 11.5. The number of alkyl halides is 3. The van der Waals surface area contributed by atoms with E-state index < -0.39 is 30.2 Å². The molecule has 4 rings (SSSR count). The molecule has 158 valence electrons. The molecule has 0 saturated heterocycles. The third-order valence-electron chi connectivity index (χ3n) is 4.41. The molecule has 1 amide bonds. The van der Waals surface area contributed by atoms with Crippen molar-refractivity contribution in [3.8, 4) is 5.69 Å². The number of nitrogens with one attached hydrogen (secondary N) is 2. The fraction of sp³-hybridized carbons (Fsp3) is 0.100. The number of carbonyl (C=O) groups excluding carboxylic acids is 2. The number of benzene rings is 2. The van der Waals surface area contributed by atoms with Crippen LogP contribution in [0.5, 0.6) is 0 Å². The Kier molecular flexibility index (Phi) is 5.15. The van der Waals surface area contributed by atoms with Gasteiger partial charge >= 0.3 is 12.1 Å². The predicted octanol–water partition coefficient (Wildman–Crippen LogP) is 3.56. The summed E-state index contributed by atoms with van der Waals surface area (Å²) in [5.41, 5.74) is 0.0174. The van der Waals surface area contributed by atoms with Crippen LogP contribution in [0.25, 0.3) is 16.6 Å². The summed E-state index contributed by atoms with van der Waals surface area (Å²) < 4.78 is 45.5. The largest absolute Gasteiger partial charge is 0.452 e. The van der Waals surface area contributed by atoms with Crippen molar-refractivity contribution in [1.29, 1.82) is 0 Å². The summed E-state index contributed by atoms with van der Waals surface area (Å²) in [4.78, 5) is 31.3. The highest BCUT2D eigenvalue weighted by Gasteiger charge is 2.31. The second kappa shape index (κ2) is 7.94. The number of aromatic nitrogens is 4. The number of halogens is 3. The fourth-order valence-electron chi connectivity index (χ4n) is 2.98. The molecule has 0 bridgehead atoms. The lowest BCUT2D eigenvalue weighted by molar-refractivity contribution is -0.137. The molecule has 2 N–H and O–H groups in total. The quantitative estimate of drug-likeness (QED) is 0.473. The second-order valence-electron chi connectivity index (χ2n) is 6.44. The number of fused-ring (bicyclic) bond motifs is 1. The van der Waals surface area contributed by atoms with Gasteiger partial charge in [0.05, 0.1) is 22.5 Å². The number of para-hydroxylation sites is 1. The van der Waals surface area contributed by atoms with Crippen LogP contribution in [0.1, 0.15) is 15.9 Å². The zero-order chi connectivity index (χ0) is 22.0. The number of esters is 1. The molecular weight excluding hydrogens is 415 g/mol. The molecule has 0 aliphatic rings. The minimum absolute atomic E-state index is 0.159. The fourth-order valence-corrected chi connectivity index (χ4v) is 2.98. The molecular formula is C20H14F3N5O3. The Morgan fingerprint density at radius 2 is 1.97 bits per heavy atom. The second-order valence-corrected chi connectivity index (χ2v) is 6.44. The number of aromatic amines is 1. The van der Waals surface area contributed by atoms with Crippen molar-refractivity contribution in [2.75, 3.05) is 11.9 Å². The van der Waals surface area contributed by atoms with E-state index in [2.05, 4.69) is 20.4 Å². The van der Waals surface area contributed by atoms with Gasteiger partial charge in [0.25, 0.3) is 5.91 Å². The van der Waals surface area contributed by atoms with E-state index in [1.54, 1.807) is 24.3 Å². The SMILES string of the molecule is O=C(COC(=O)c1c[nH]c2ccccc12)Nc1cc(C(F)(F)F)ccc1-n1cncn1. The van der Waals surface area contributed by atoms with Crippen LogP contribution < -0.4 is 5.32 Å². The molecule has 0 spiro atoms. The Morgan fingerprint density at radius 1 is 1.16 bits per heavy atom. The summed E-state index contributed by atoms with van der Waals surface area (Å²) in [5, 5.41) is 6.83. The van der Waals surface area contributed by atoms with Gasteiger partial charge < -0.3 is 15.0 Å². The lowest BCUT2D eigenvalue weighted by Gasteiger charge is -2.14. The summed E-state index contributed by atoms with van der Waals surface area (Å²) in [6, 6.07) is 9.83. The van der Waals surface area contributed by atoms with E-state index in [1.807, 2.05) is 0 Å². The predicted molar refractivity (Wildman–Crippen MR) is 104 cm³/mol. The monoisotopic (exact) mass is 429 g/mol. The van der Waals surface area contributed by atoms with Gasteiger partial charge in [-0.3, -0.25) is 4.79 Å². The van der Waals surface area contributed by atoms with Crippen LogP contribution in [0.15, 0.2) is 61.3 Å². The number of ether oxygens (including phenoxy) is 1. The van der Waals surface area contributed by atoms with E-state index in [0.717, 1.165) is 23.7 Å². The molecule has 4 aromatic rings. The van der Waals surface area contributed by atoms with Crippen LogP contribution in [-0.4, -0.2) is 38.2 Å². The smallest absolute Gasteiger partial charge is 0.416 e. The first-order valence-corrected chi connectivity index (χ1v) is 8.92. The zero-order valence-corrected chi connectivity index (χ0v) is 15.7. The van der Waals surface area contributed by atoms with Crippen LogP contribution in [0.3, 0.4) is 0 Å². The molecule has 0 aliphatic carbocycles. The summed E-state index contributed by atoms with van der Waals surface area (Å²) in [5.74, 6) is -1.55. The number of hydrogen-bond donors (Lipinski definition) is 2. The summed E-state index contributed by atoms with van der Waals surface area (Å²) >= 11 is 0. The summed E-state index contributed by atoms with van der Waals surface area (Å²) in [6.07, 6.45) is -0.676. The maximum atomic E-state index is 13.1. The Labute approximate surface area is 172 Å². The third kappa shape index (κ3) is 4.25. The average molecular weight is 429 g/mol. The topological polar surface area (TPSA) is 102 Å². The van der Waals surface area contributed by atoms with Crippen LogP contribution in [0.4, 0.5) is 18.9 Å². The van der Waals surface area contributed by atoms with Gasteiger partial charge in [-0.15, -0.1) is 0 Å². The van der Waals surface area contributed by atoms with Crippen LogP contribution in [0.2, 0.25) is 0 Å². The molecule has 8 nitrogen and oxygen atoms in total. The van der Waals surface area contributed by atoms with E-state index in [9.17, 15) is 22.8 Å².